The molecule has 1 unspecified atom stereocenters. The van der Waals surface area contributed by atoms with Gasteiger partial charge in [0.05, 0.1) is 15.7 Å². The van der Waals surface area contributed by atoms with E-state index in [-0.39, 0.29) is 42.0 Å². The number of carbonyl (C=O) groups excluding carboxylic acids is 1. The summed E-state index contributed by atoms with van der Waals surface area (Å²) in [6.45, 7) is 2.79. The number of nitrogens with two attached hydrogens (primary N) is 1. The molecular weight excluding hydrogens is 396 g/mol. The van der Waals surface area contributed by atoms with Crippen molar-refractivity contribution in [1.82, 2.24) is 9.62 Å². The number of hydrogen-bond acceptors (Lipinski definition) is 6. The van der Waals surface area contributed by atoms with Crippen LogP contribution >= 0.6 is 12.4 Å². The van der Waals surface area contributed by atoms with E-state index in [0.717, 1.165) is 6.07 Å². The van der Waals surface area contributed by atoms with E-state index >= 15 is 0 Å². The molecule has 27 heavy (non-hydrogen) atoms. The van der Waals surface area contributed by atoms with Crippen molar-refractivity contribution in [3.63, 3.8) is 0 Å². The highest BCUT2D eigenvalue weighted by Crippen LogP contribution is 2.29. The number of rotatable bonds is 7. The van der Waals surface area contributed by atoms with E-state index < -0.39 is 20.9 Å². The van der Waals surface area contributed by atoms with Gasteiger partial charge in [-0.3, -0.25) is 14.9 Å². The zero-order valence-electron chi connectivity index (χ0n) is 15.1. The number of nitro groups is 1. The summed E-state index contributed by atoms with van der Waals surface area (Å²) in [4.78, 5) is 22.5. The van der Waals surface area contributed by atoms with Crippen molar-refractivity contribution in [2.75, 3.05) is 26.2 Å². The number of amides is 1. The zero-order chi connectivity index (χ0) is 19.3. The number of nitro benzene ring substituents is 1. The molecule has 11 heteroatoms. The second-order valence-corrected chi connectivity index (χ2v) is 8.09. The quantitative estimate of drug-likeness (QED) is 0.500. The Hall–Kier alpha value is -1.75. The molecule has 1 heterocycles. The lowest BCUT2D eigenvalue weighted by Crippen LogP contribution is -2.46. The Labute approximate surface area is 164 Å². The summed E-state index contributed by atoms with van der Waals surface area (Å²) in [7, 11) is -3.92. The number of hydrogen-bond donors (Lipinski definition) is 2. The lowest BCUT2D eigenvalue weighted by molar-refractivity contribution is -0.385. The van der Waals surface area contributed by atoms with Crippen LogP contribution in [0.15, 0.2) is 23.1 Å². The SMILES string of the molecule is CCc1ccc([N+](=O)[O-])cc1S(=O)(=O)N1CCCC(C(=O)NCCN)C1.Cl. The molecule has 2 rings (SSSR count). The van der Waals surface area contributed by atoms with Gasteiger partial charge in [0.15, 0.2) is 0 Å². The average molecular weight is 421 g/mol. The fraction of sp³-hybridized carbons (Fsp3) is 0.562. The molecule has 3 N–H and O–H groups in total. The summed E-state index contributed by atoms with van der Waals surface area (Å²) in [5.74, 6) is -0.668. The fourth-order valence-corrected chi connectivity index (χ4v) is 4.88. The van der Waals surface area contributed by atoms with Gasteiger partial charge in [0.25, 0.3) is 5.69 Å². The van der Waals surface area contributed by atoms with Gasteiger partial charge in [-0.15, -0.1) is 12.4 Å². The summed E-state index contributed by atoms with van der Waals surface area (Å²) in [6.07, 6.45) is 1.58. The number of sulfonamides is 1. The minimum atomic E-state index is -3.92. The van der Waals surface area contributed by atoms with Gasteiger partial charge in [0, 0.05) is 38.3 Å². The molecule has 1 fully saturated rings. The molecule has 0 spiro atoms. The third kappa shape index (κ3) is 5.38. The minimum Gasteiger partial charge on any atom is -0.355 e. The molecule has 0 aliphatic carbocycles. The smallest absolute Gasteiger partial charge is 0.270 e. The van der Waals surface area contributed by atoms with E-state index in [1.165, 1.54) is 16.4 Å². The van der Waals surface area contributed by atoms with Gasteiger partial charge < -0.3 is 11.1 Å². The minimum absolute atomic E-state index is 0. The Morgan fingerprint density at radius 3 is 2.74 bits per heavy atom. The van der Waals surface area contributed by atoms with Gasteiger partial charge >= 0.3 is 0 Å². The van der Waals surface area contributed by atoms with Crippen molar-refractivity contribution < 1.29 is 18.1 Å². The highest BCUT2D eigenvalue weighted by atomic mass is 35.5. The normalized spacial score (nSPS) is 17.8. The Bertz CT molecular complexity index is 787. The van der Waals surface area contributed by atoms with E-state index in [9.17, 15) is 23.3 Å². The predicted molar refractivity (Wildman–Crippen MR) is 103 cm³/mol. The van der Waals surface area contributed by atoms with Crippen molar-refractivity contribution in [1.29, 1.82) is 0 Å². The number of halogens is 1. The first-order valence-electron chi connectivity index (χ1n) is 8.56. The molecule has 152 valence electrons. The number of piperidine rings is 1. The lowest BCUT2D eigenvalue weighted by Gasteiger charge is -2.31. The number of carbonyl (C=O) groups is 1. The molecule has 1 aliphatic heterocycles. The molecule has 1 aromatic carbocycles. The number of benzene rings is 1. The van der Waals surface area contributed by atoms with Gasteiger partial charge in [-0.25, -0.2) is 8.42 Å². The highest BCUT2D eigenvalue weighted by molar-refractivity contribution is 7.89. The molecule has 9 nitrogen and oxygen atoms in total. The Balaban J connectivity index is 0.00000364. The first-order chi connectivity index (χ1) is 12.3. The van der Waals surface area contributed by atoms with Crippen molar-refractivity contribution in [3.8, 4) is 0 Å². The Morgan fingerprint density at radius 1 is 1.44 bits per heavy atom. The Kier molecular flexibility index (Phi) is 8.60. The number of non-ortho nitro benzene ring substituents is 1. The molecule has 0 saturated carbocycles. The van der Waals surface area contributed by atoms with Gasteiger partial charge in [0.1, 0.15) is 0 Å². The summed E-state index contributed by atoms with van der Waals surface area (Å²) < 4.78 is 27.4. The van der Waals surface area contributed by atoms with Crippen LogP contribution in [0.3, 0.4) is 0 Å². The molecule has 1 amide bonds. The van der Waals surface area contributed by atoms with E-state index in [2.05, 4.69) is 5.32 Å². The van der Waals surface area contributed by atoms with Crippen molar-refractivity contribution in [3.05, 3.63) is 33.9 Å². The predicted octanol–water partition coefficient (Wildman–Crippen LogP) is 1.05. The lowest BCUT2D eigenvalue weighted by atomic mass is 9.99. The van der Waals surface area contributed by atoms with Crippen LogP contribution in [0.4, 0.5) is 5.69 Å². The van der Waals surface area contributed by atoms with Gasteiger partial charge in [0.2, 0.25) is 15.9 Å². The van der Waals surface area contributed by atoms with Gasteiger partial charge in [-0.05, 0) is 24.8 Å². The standard InChI is InChI=1S/C16H24N4O5S.ClH/c1-2-12-5-6-14(20(22)23)10-15(12)26(24,25)19-9-3-4-13(11-19)16(21)18-8-7-17;/h5-6,10,13H,2-4,7-9,11,17H2,1H3,(H,18,21);1H. The van der Waals surface area contributed by atoms with Crippen LogP contribution in [0.2, 0.25) is 0 Å². The van der Waals surface area contributed by atoms with Crippen LogP contribution in [-0.4, -0.2) is 49.7 Å². The summed E-state index contributed by atoms with van der Waals surface area (Å²) >= 11 is 0. The number of nitrogens with zero attached hydrogens (tertiary/aromatic N) is 2. The van der Waals surface area contributed by atoms with Crippen LogP contribution in [0.1, 0.15) is 25.3 Å². The summed E-state index contributed by atoms with van der Waals surface area (Å²) in [5, 5.41) is 13.7. The Morgan fingerprint density at radius 2 is 2.15 bits per heavy atom. The summed E-state index contributed by atoms with van der Waals surface area (Å²) in [5.41, 5.74) is 5.62. The molecule has 1 saturated heterocycles. The van der Waals surface area contributed by atoms with Gasteiger partial charge in [-0.1, -0.05) is 13.0 Å². The third-order valence-corrected chi connectivity index (χ3v) is 6.41. The first-order valence-corrected chi connectivity index (χ1v) is 10.0. The highest BCUT2D eigenvalue weighted by Gasteiger charge is 2.34. The molecule has 1 aromatic rings. The second-order valence-electron chi connectivity index (χ2n) is 6.18. The summed E-state index contributed by atoms with van der Waals surface area (Å²) in [6, 6.07) is 3.88. The van der Waals surface area contributed by atoms with Crippen molar-refractivity contribution >= 4 is 34.0 Å². The maximum absolute atomic E-state index is 13.1. The third-order valence-electron chi connectivity index (χ3n) is 4.46. The topological polar surface area (TPSA) is 136 Å². The molecular formula is C16H25ClN4O5S. The van der Waals surface area contributed by atoms with Crippen LogP contribution in [0.25, 0.3) is 0 Å². The molecule has 0 radical (unpaired) electrons. The van der Waals surface area contributed by atoms with E-state index in [0.29, 0.717) is 37.9 Å². The van der Waals surface area contributed by atoms with Gasteiger partial charge in [-0.2, -0.15) is 4.31 Å². The second kappa shape index (κ2) is 9.98. The molecule has 1 atom stereocenters. The van der Waals surface area contributed by atoms with Crippen LogP contribution in [0, 0.1) is 16.0 Å². The van der Waals surface area contributed by atoms with Crippen molar-refractivity contribution in [2.45, 2.75) is 31.1 Å². The number of aryl methyl sites for hydroxylation is 1. The largest absolute Gasteiger partial charge is 0.355 e. The van der Waals surface area contributed by atoms with Crippen LogP contribution in [0.5, 0.6) is 0 Å². The average Bonchev–Trinajstić information content (AvgIpc) is 2.65. The maximum atomic E-state index is 13.1. The fourth-order valence-electron chi connectivity index (χ4n) is 3.04. The van der Waals surface area contributed by atoms with E-state index in [1.54, 1.807) is 6.92 Å². The van der Waals surface area contributed by atoms with Crippen LogP contribution in [-0.2, 0) is 21.2 Å². The van der Waals surface area contributed by atoms with E-state index in [1.807, 2.05) is 0 Å². The molecule has 1 aliphatic rings. The molecule has 0 bridgehead atoms. The van der Waals surface area contributed by atoms with Crippen molar-refractivity contribution in [2.24, 2.45) is 11.7 Å². The number of nitrogens with one attached hydrogen (secondary N) is 1. The maximum Gasteiger partial charge on any atom is 0.270 e. The van der Waals surface area contributed by atoms with E-state index in [4.69, 9.17) is 5.73 Å². The van der Waals surface area contributed by atoms with Crippen LogP contribution < -0.4 is 11.1 Å². The molecule has 0 aromatic heterocycles. The first kappa shape index (κ1) is 23.3. The zero-order valence-corrected chi connectivity index (χ0v) is 16.7. The monoisotopic (exact) mass is 420 g/mol.